The Morgan fingerprint density at radius 1 is 0.370 bits per heavy atom. The molecule has 11 unspecified atom stereocenters. The minimum absolute atomic E-state index is 0.00690. The summed E-state index contributed by atoms with van der Waals surface area (Å²) in [6.45, 7) is 35.1. The molecule has 26 N–H and O–H groups in total. The topological polar surface area (TPSA) is 723 Å². The molecule has 0 radical (unpaired) electrons. The summed E-state index contributed by atoms with van der Waals surface area (Å²) in [5.41, 5.74) is 2.93. The molecular weight excluding hydrogens is 1800 g/mol. The van der Waals surface area contributed by atoms with Crippen LogP contribution in [0.3, 0.4) is 0 Å². The molecule has 1 fully saturated rings. The van der Waals surface area contributed by atoms with E-state index >= 15 is 0 Å². The third-order valence-electron chi connectivity index (χ3n) is 22.2. The maximum atomic E-state index is 14.6. The highest BCUT2D eigenvalue weighted by atomic mass is 16.3. The molecule has 0 bridgehead atoms. The second-order valence-electron chi connectivity index (χ2n) is 40.4. The average molecular weight is 1950 g/mol. The lowest BCUT2D eigenvalue weighted by atomic mass is 9.96. The first-order chi connectivity index (χ1) is 63.2. The fraction of sp³-hybridized carbons (Fsp3) is 0.681. The molecule has 23 amide bonds. The predicted molar refractivity (Wildman–Crippen MR) is 504 cm³/mol. The highest BCUT2D eigenvalue weighted by Gasteiger charge is 2.48. The summed E-state index contributed by atoms with van der Waals surface area (Å²) in [4.78, 5) is 313. The number of hydrogen-bond acceptors (Lipinski definition) is 24. The molecule has 1 aliphatic heterocycles. The summed E-state index contributed by atoms with van der Waals surface area (Å²) in [6.07, 6.45) is -1.82. The van der Waals surface area contributed by atoms with E-state index in [0.29, 0.717) is 6.42 Å². The van der Waals surface area contributed by atoms with E-state index in [1.54, 1.807) is 71.9 Å². The molecule has 47 nitrogen and oxygen atoms in total. The van der Waals surface area contributed by atoms with Crippen molar-refractivity contribution in [3.8, 4) is 0 Å². The van der Waals surface area contributed by atoms with Gasteiger partial charge >= 0.3 is 0 Å². The summed E-state index contributed by atoms with van der Waals surface area (Å²) in [6, 6.07) is -5.83. The smallest absolute Gasteiger partial charge is 0.248 e. The summed E-state index contributed by atoms with van der Waals surface area (Å²) in [5, 5.41) is 58.2. The van der Waals surface area contributed by atoms with Crippen LogP contribution in [0.5, 0.6) is 0 Å². The van der Waals surface area contributed by atoms with Crippen LogP contribution in [0, 0.1) is 17.8 Å². The Morgan fingerprint density at radius 2 is 0.710 bits per heavy atom. The van der Waals surface area contributed by atoms with Gasteiger partial charge in [0.05, 0.1) is 19.2 Å². The minimum Gasteiger partial charge on any atom is -0.394 e. The van der Waals surface area contributed by atoms with Gasteiger partial charge in [0.15, 0.2) is 0 Å². The van der Waals surface area contributed by atoms with E-state index in [2.05, 4.69) is 101 Å². The van der Waals surface area contributed by atoms with Crippen molar-refractivity contribution in [3.05, 3.63) is 35.9 Å². The van der Waals surface area contributed by atoms with Gasteiger partial charge in [0, 0.05) is 32.7 Å². The van der Waals surface area contributed by atoms with Crippen molar-refractivity contribution < 1.29 is 115 Å². The summed E-state index contributed by atoms with van der Waals surface area (Å²) in [5.74, 6) is -20.9. The molecule has 1 aromatic carbocycles. The van der Waals surface area contributed by atoms with E-state index < -0.39 is 291 Å². The van der Waals surface area contributed by atoms with Gasteiger partial charge in [-0.1, -0.05) is 71.9 Å². The number of likely N-dealkylation sites (tertiary alicyclic amines) is 1. The quantitative estimate of drug-likeness (QED) is 0.0290. The van der Waals surface area contributed by atoms with Gasteiger partial charge in [-0.15, -0.1) is 0 Å². The number of hydrogen-bond donors (Lipinski definition) is 23. The second kappa shape index (κ2) is 52.0. The van der Waals surface area contributed by atoms with Crippen molar-refractivity contribution >= 4 is 136 Å². The number of carbonyl (C=O) groups is 23. The molecule has 47 heteroatoms. The Labute approximate surface area is 805 Å². The van der Waals surface area contributed by atoms with Crippen LogP contribution in [0.2, 0.25) is 0 Å². The number of nitrogens with zero attached hydrogens (tertiary/aromatic N) is 1. The van der Waals surface area contributed by atoms with Crippen LogP contribution in [-0.4, -0.2) is 276 Å². The van der Waals surface area contributed by atoms with Gasteiger partial charge < -0.3 is 128 Å². The van der Waals surface area contributed by atoms with Crippen LogP contribution >= 0.6 is 0 Å². The van der Waals surface area contributed by atoms with Crippen molar-refractivity contribution in [2.45, 2.75) is 361 Å². The van der Waals surface area contributed by atoms with Gasteiger partial charge in [0.2, 0.25) is 136 Å². The van der Waals surface area contributed by atoms with E-state index in [0.717, 1.165) is 5.56 Å². The number of primary amides is 3. The molecule has 0 aliphatic carbocycles. The maximum Gasteiger partial charge on any atom is 0.248 e. The van der Waals surface area contributed by atoms with Crippen molar-refractivity contribution in [1.82, 2.24) is 106 Å². The third-order valence-corrected chi connectivity index (χ3v) is 22.2. The second-order valence-corrected chi connectivity index (χ2v) is 40.4. The van der Waals surface area contributed by atoms with E-state index in [1.165, 1.54) is 143 Å². The summed E-state index contributed by atoms with van der Waals surface area (Å²) >= 11 is 0. The first kappa shape index (κ1) is 121. The summed E-state index contributed by atoms with van der Waals surface area (Å²) in [7, 11) is 0. The van der Waals surface area contributed by atoms with E-state index in [-0.39, 0.29) is 56.9 Å². The van der Waals surface area contributed by atoms with E-state index in [1.807, 2.05) is 0 Å². The Bertz CT molecular complexity index is 4620. The highest BCUT2D eigenvalue weighted by Crippen LogP contribution is 2.25. The number of benzene rings is 1. The summed E-state index contributed by atoms with van der Waals surface area (Å²) < 4.78 is 0. The normalized spacial score (nSPS) is 15.3. The molecule has 774 valence electrons. The molecule has 2 rings (SSSR count). The van der Waals surface area contributed by atoms with Gasteiger partial charge in [0.1, 0.15) is 105 Å². The zero-order valence-electron chi connectivity index (χ0n) is 84.4. The number of aliphatic hydroxyl groups excluding tert-OH is 1. The molecule has 0 saturated carbocycles. The molecule has 1 aromatic rings. The number of aliphatic hydroxyl groups is 1. The van der Waals surface area contributed by atoms with Gasteiger partial charge in [-0.25, -0.2) is 0 Å². The fourth-order valence-electron chi connectivity index (χ4n) is 13.8. The lowest BCUT2D eigenvalue weighted by Gasteiger charge is -2.36. The SMILES string of the molecule is CC(=O)NC(C)(C)C(=O)NC(C)C(=O)NC(C)(C)C(=O)NC(C)C(=O)NC(C)(C)C(=O)NC(C)C(=O)NC(CCC(N)=O)C(=O)NC(C)(C)C(=O)NC(CC(C)C)C(=O)NC(C)(C)C(=O)NCC(=O)NC(CC(C)C)C(=O)NC(C)(C)C(=O)N1CCCC1C(=O)NC(C(=O)NC(C)(C)C(=O)NC(C)(C)C(=O)NC(CCC(N)=O)C(=O)NC(CCC(N)=O)C(=O)NC(CO)Cc1ccccc1)C(C)C. The van der Waals surface area contributed by atoms with Gasteiger partial charge in [0.25, 0.3) is 0 Å². The van der Waals surface area contributed by atoms with Gasteiger partial charge in [-0.05, 0) is 206 Å². The molecule has 138 heavy (non-hydrogen) atoms. The lowest BCUT2D eigenvalue weighted by molar-refractivity contribution is -0.146. The van der Waals surface area contributed by atoms with Crippen molar-refractivity contribution in [2.24, 2.45) is 35.0 Å². The van der Waals surface area contributed by atoms with Crippen LogP contribution in [0.4, 0.5) is 0 Å². The van der Waals surface area contributed by atoms with Crippen LogP contribution in [0.15, 0.2) is 30.3 Å². The van der Waals surface area contributed by atoms with E-state index in [4.69, 9.17) is 17.2 Å². The van der Waals surface area contributed by atoms with Crippen LogP contribution in [-0.2, 0) is 117 Å². The zero-order valence-corrected chi connectivity index (χ0v) is 84.4. The molecule has 0 aromatic heterocycles. The minimum atomic E-state index is -1.91. The number of carbonyl (C=O) groups excluding carboxylic acids is 23. The predicted octanol–water partition coefficient (Wildman–Crippen LogP) is -5.04. The largest absolute Gasteiger partial charge is 0.394 e. The Morgan fingerprint density at radius 3 is 1.13 bits per heavy atom. The fourth-order valence-corrected chi connectivity index (χ4v) is 13.8. The van der Waals surface area contributed by atoms with Crippen LogP contribution in [0.1, 0.15) is 250 Å². The Balaban J connectivity index is 2.18. The van der Waals surface area contributed by atoms with Gasteiger partial charge in [-0.3, -0.25) is 110 Å². The lowest BCUT2D eigenvalue weighted by Crippen LogP contribution is -2.66. The highest BCUT2D eigenvalue weighted by molar-refractivity contribution is 6.04. The average Bonchev–Trinajstić information content (AvgIpc) is 1.66. The van der Waals surface area contributed by atoms with Crippen LogP contribution < -0.4 is 118 Å². The standard InChI is InChI=1S/C91H151N23O24/c1-46(2)41-58(72(127)111-91(25,26)83(138)114-40-30-33-60(114)74(129)105-65(48(5)6)75(130)112-90(23,24)82(137)113-89(21,22)81(136)103-56(35-38-62(93)118)70(125)102-55(34-37-61(92)117)69(124)99-54(45-115)43-53-31-28-27-29-32-53)100-64(120)44-95-76(131)84(11,12)110-73(128)59(42-47(3)4)104-80(135)88(19,20)109-71(126)57(36-39-63(94)119)101-66(121)49(7)96-78(133)86(15,16)107-68(123)51(9)98-79(134)87(17,18)108-67(122)50(8)97-77(132)85(13,14)106-52(10)116/h27-29,31-32,46-51,54-60,65,115H,30,33-45H2,1-26H3,(H2,92,117)(H2,93,118)(H2,94,119)(H,95,131)(H,96,133)(H,97,132)(H,98,134)(H,99,124)(H,100,120)(H,101,121)(H,102,125)(H,103,136)(H,104,135)(H,105,129)(H,106,116)(H,107,123)(H,108,122)(H,109,126)(H,110,128)(H,111,127)(H,112,130)(H,113,137). The molecule has 1 aliphatic rings. The van der Waals surface area contributed by atoms with Crippen molar-refractivity contribution in [2.75, 3.05) is 19.7 Å². The first-order valence-corrected chi connectivity index (χ1v) is 45.8. The molecule has 0 spiro atoms. The Hall–Kier alpha value is -13.0. The number of nitrogens with one attached hydrogen (secondary N) is 19. The van der Waals surface area contributed by atoms with Gasteiger partial charge in [-0.2, -0.15) is 0 Å². The number of nitrogens with two attached hydrogens (primary N) is 3. The monoisotopic (exact) mass is 1950 g/mol. The first-order valence-electron chi connectivity index (χ1n) is 45.8. The zero-order chi connectivity index (χ0) is 106. The molecule has 1 saturated heterocycles. The van der Waals surface area contributed by atoms with Crippen LogP contribution in [0.25, 0.3) is 0 Å². The van der Waals surface area contributed by atoms with E-state index in [9.17, 15) is 115 Å². The van der Waals surface area contributed by atoms with Crippen molar-refractivity contribution in [3.63, 3.8) is 0 Å². The number of rotatable bonds is 55. The molecular formula is C91H151N23O24. The maximum absolute atomic E-state index is 14.6. The third kappa shape index (κ3) is 39.6. The molecule has 1 heterocycles. The van der Waals surface area contributed by atoms with Crippen molar-refractivity contribution in [1.29, 1.82) is 0 Å². The Kier molecular flexibility index (Phi) is 45.6. The number of amides is 23. The molecule has 11 atom stereocenters.